The van der Waals surface area contributed by atoms with Crippen LogP contribution in [-0.2, 0) is 30.3 Å². The third-order valence-corrected chi connectivity index (χ3v) is 5.15. The summed E-state index contributed by atoms with van der Waals surface area (Å²) in [6.45, 7) is 2.01. The van der Waals surface area contributed by atoms with Crippen molar-refractivity contribution in [3.8, 4) is 0 Å². The van der Waals surface area contributed by atoms with Crippen LogP contribution in [0.3, 0.4) is 0 Å². The Labute approximate surface area is 185 Å². The Kier molecular flexibility index (Phi) is 9.54. The van der Waals surface area contributed by atoms with Gasteiger partial charge in [-0.25, -0.2) is 0 Å². The number of rotatable bonds is 10. The number of nitrogens with one attached hydrogen (secondary N) is 2. The largest absolute Gasteiger partial charge is 0.394 e. The highest BCUT2D eigenvalue weighted by atomic mass is 16.7. The fourth-order valence-electron chi connectivity index (χ4n) is 3.31. The van der Waals surface area contributed by atoms with Gasteiger partial charge in [-0.2, -0.15) is 0 Å². The molecule has 7 N–H and O–H groups in total. The van der Waals surface area contributed by atoms with Crippen LogP contribution in [0.1, 0.15) is 19.4 Å². The maximum atomic E-state index is 12.6. The van der Waals surface area contributed by atoms with Gasteiger partial charge in [-0.15, -0.1) is 0 Å². The standard InChI is InChI=1S/C21H31N3O8/c1-11(20(30)24-14(19(22)29)8-13-6-4-3-5-7-13)10-31-21-16(23-12(2)26)18(28)17(27)15(9-25)32-21/h3-7,11,14-18,21,25,27-28H,8-10H2,1-2H3,(H2,22,29)(H,23,26)(H,24,30)/t11-,14-,15?,16+,17-,18+,21?/m0/s1. The molecule has 1 aromatic rings. The first-order chi connectivity index (χ1) is 15.1. The van der Waals surface area contributed by atoms with E-state index in [2.05, 4.69) is 10.6 Å². The zero-order valence-electron chi connectivity index (χ0n) is 18.0. The molecule has 1 fully saturated rings. The third-order valence-electron chi connectivity index (χ3n) is 5.15. The van der Waals surface area contributed by atoms with Crippen molar-refractivity contribution < 1.29 is 39.2 Å². The minimum absolute atomic E-state index is 0.190. The zero-order valence-corrected chi connectivity index (χ0v) is 18.0. The number of aliphatic hydroxyl groups is 3. The van der Waals surface area contributed by atoms with E-state index in [0.717, 1.165) is 5.56 Å². The summed E-state index contributed by atoms with van der Waals surface area (Å²) in [5, 5.41) is 34.7. The molecule has 1 heterocycles. The molecule has 1 saturated heterocycles. The monoisotopic (exact) mass is 453 g/mol. The number of benzene rings is 1. The van der Waals surface area contributed by atoms with Gasteiger partial charge in [0.25, 0.3) is 0 Å². The van der Waals surface area contributed by atoms with Crippen molar-refractivity contribution in [2.24, 2.45) is 11.7 Å². The smallest absolute Gasteiger partial charge is 0.240 e. The van der Waals surface area contributed by atoms with Crippen molar-refractivity contribution >= 4 is 17.7 Å². The summed E-state index contributed by atoms with van der Waals surface area (Å²) in [6.07, 6.45) is -5.01. The first-order valence-electron chi connectivity index (χ1n) is 10.3. The molecule has 1 aliphatic rings. The van der Waals surface area contributed by atoms with Crippen LogP contribution in [-0.4, -0.2) is 82.9 Å². The first kappa shape index (κ1) is 25.7. The van der Waals surface area contributed by atoms with Gasteiger partial charge in [0, 0.05) is 13.3 Å². The molecule has 2 unspecified atom stereocenters. The minimum atomic E-state index is -1.45. The van der Waals surface area contributed by atoms with Gasteiger partial charge in [0.2, 0.25) is 17.7 Å². The van der Waals surface area contributed by atoms with E-state index in [0.29, 0.717) is 0 Å². The van der Waals surface area contributed by atoms with E-state index < -0.39 is 66.9 Å². The summed E-state index contributed by atoms with van der Waals surface area (Å²) >= 11 is 0. The molecule has 0 spiro atoms. The second-order valence-corrected chi connectivity index (χ2v) is 7.82. The second kappa shape index (κ2) is 11.9. The van der Waals surface area contributed by atoms with Crippen LogP contribution in [0.2, 0.25) is 0 Å². The first-order valence-corrected chi connectivity index (χ1v) is 10.3. The van der Waals surface area contributed by atoms with E-state index >= 15 is 0 Å². The number of primary amides is 1. The van der Waals surface area contributed by atoms with Crippen molar-refractivity contribution in [2.75, 3.05) is 13.2 Å². The van der Waals surface area contributed by atoms with Gasteiger partial charge in [0.1, 0.15) is 30.4 Å². The van der Waals surface area contributed by atoms with E-state index in [1.54, 1.807) is 6.92 Å². The van der Waals surface area contributed by atoms with Crippen LogP contribution in [0.25, 0.3) is 0 Å². The van der Waals surface area contributed by atoms with Gasteiger partial charge in [-0.05, 0) is 5.56 Å². The Balaban J connectivity index is 1.98. The van der Waals surface area contributed by atoms with E-state index in [1.165, 1.54) is 6.92 Å². The maximum Gasteiger partial charge on any atom is 0.240 e. The number of amides is 3. The highest BCUT2D eigenvalue weighted by Gasteiger charge is 2.45. The molecule has 0 aliphatic carbocycles. The molecule has 32 heavy (non-hydrogen) atoms. The van der Waals surface area contributed by atoms with E-state index in [4.69, 9.17) is 15.2 Å². The highest BCUT2D eigenvalue weighted by molar-refractivity contribution is 5.87. The molecule has 1 aliphatic heterocycles. The van der Waals surface area contributed by atoms with Crippen molar-refractivity contribution in [3.63, 3.8) is 0 Å². The fourth-order valence-corrected chi connectivity index (χ4v) is 3.31. The van der Waals surface area contributed by atoms with Gasteiger partial charge in [-0.1, -0.05) is 37.3 Å². The van der Waals surface area contributed by atoms with Crippen LogP contribution < -0.4 is 16.4 Å². The molecule has 178 valence electrons. The molecule has 3 amide bonds. The van der Waals surface area contributed by atoms with E-state index in [1.807, 2.05) is 30.3 Å². The van der Waals surface area contributed by atoms with Crippen molar-refractivity contribution in [2.45, 2.75) is 57.0 Å². The Morgan fingerprint density at radius 2 is 1.84 bits per heavy atom. The van der Waals surface area contributed by atoms with E-state index in [-0.39, 0.29) is 13.0 Å². The van der Waals surface area contributed by atoms with Crippen LogP contribution >= 0.6 is 0 Å². The number of ether oxygens (including phenoxy) is 2. The lowest BCUT2D eigenvalue weighted by atomic mass is 9.97. The summed E-state index contributed by atoms with van der Waals surface area (Å²) in [5.74, 6) is -2.40. The number of aliphatic hydroxyl groups excluding tert-OH is 3. The van der Waals surface area contributed by atoms with Crippen LogP contribution in [0.15, 0.2) is 30.3 Å². The fraction of sp³-hybridized carbons (Fsp3) is 0.571. The molecule has 11 nitrogen and oxygen atoms in total. The topological polar surface area (TPSA) is 180 Å². The average molecular weight is 453 g/mol. The lowest BCUT2D eigenvalue weighted by Crippen LogP contribution is -2.64. The molecule has 7 atom stereocenters. The Morgan fingerprint density at radius 1 is 1.19 bits per heavy atom. The summed E-state index contributed by atoms with van der Waals surface area (Å²) < 4.78 is 11.1. The third kappa shape index (κ3) is 6.97. The minimum Gasteiger partial charge on any atom is -0.394 e. The maximum absolute atomic E-state index is 12.6. The Bertz CT molecular complexity index is 778. The van der Waals surface area contributed by atoms with Gasteiger partial charge in [0.15, 0.2) is 6.29 Å². The average Bonchev–Trinajstić information content (AvgIpc) is 2.76. The summed E-state index contributed by atoms with van der Waals surface area (Å²) in [7, 11) is 0. The summed E-state index contributed by atoms with van der Waals surface area (Å²) in [6, 6.07) is 7.06. The van der Waals surface area contributed by atoms with Gasteiger partial charge in [-0.3, -0.25) is 14.4 Å². The molecule has 1 aromatic carbocycles. The lowest BCUT2D eigenvalue weighted by Gasteiger charge is -2.42. The molecular formula is C21H31N3O8. The van der Waals surface area contributed by atoms with Gasteiger partial charge < -0.3 is 41.2 Å². The number of nitrogens with two attached hydrogens (primary N) is 1. The zero-order chi connectivity index (χ0) is 23.8. The number of carbonyl (C=O) groups is 3. The van der Waals surface area contributed by atoms with Crippen molar-refractivity contribution in [1.82, 2.24) is 10.6 Å². The second-order valence-electron chi connectivity index (χ2n) is 7.82. The molecule has 11 heteroatoms. The van der Waals surface area contributed by atoms with Crippen LogP contribution in [0.5, 0.6) is 0 Å². The summed E-state index contributed by atoms with van der Waals surface area (Å²) in [4.78, 5) is 35.8. The molecule has 0 saturated carbocycles. The normalized spacial score (nSPS) is 27.2. The molecule has 0 aromatic heterocycles. The summed E-state index contributed by atoms with van der Waals surface area (Å²) in [5.41, 5.74) is 6.26. The number of hydrogen-bond acceptors (Lipinski definition) is 8. The Hall–Kier alpha value is -2.57. The number of hydrogen-bond donors (Lipinski definition) is 6. The van der Waals surface area contributed by atoms with Crippen LogP contribution in [0, 0.1) is 5.92 Å². The predicted octanol–water partition coefficient (Wildman–Crippen LogP) is -2.20. The van der Waals surface area contributed by atoms with Crippen molar-refractivity contribution in [3.05, 3.63) is 35.9 Å². The van der Waals surface area contributed by atoms with Gasteiger partial charge >= 0.3 is 0 Å². The lowest BCUT2D eigenvalue weighted by molar-refractivity contribution is -0.271. The van der Waals surface area contributed by atoms with Crippen LogP contribution in [0.4, 0.5) is 0 Å². The van der Waals surface area contributed by atoms with Crippen molar-refractivity contribution in [1.29, 1.82) is 0 Å². The predicted molar refractivity (Wildman–Crippen MR) is 112 cm³/mol. The molecule has 0 radical (unpaired) electrons. The van der Waals surface area contributed by atoms with Gasteiger partial charge in [0.05, 0.1) is 19.1 Å². The quantitative estimate of drug-likeness (QED) is 0.231. The van der Waals surface area contributed by atoms with E-state index in [9.17, 15) is 29.7 Å². The SMILES string of the molecule is CC(=O)N[C@H]1C(OC[C@H](C)C(=O)N[C@@H](Cc2ccccc2)C(N)=O)OC(CO)[C@H](O)[C@@H]1O. The molecule has 0 bridgehead atoms. The molecular weight excluding hydrogens is 422 g/mol. The molecule has 2 rings (SSSR count). The highest BCUT2D eigenvalue weighted by Crippen LogP contribution is 2.22. The number of carbonyl (C=O) groups excluding carboxylic acids is 3. The Morgan fingerprint density at radius 3 is 2.41 bits per heavy atom.